The zero-order valence-electron chi connectivity index (χ0n) is 16.0. The molecule has 0 saturated carbocycles. The van der Waals surface area contributed by atoms with Crippen LogP contribution in [0.3, 0.4) is 0 Å². The Morgan fingerprint density at radius 1 is 1.03 bits per heavy atom. The molecule has 12 heteroatoms. The summed E-state index contributed by atoms with van der Waals surface area (Å²) in [6, 6.07) is 10.2. The maximum absolute atomic E-state index is 13.6. The van der Waals surface area contributed by atoms with Gasteiger partial charge in [0.25, 0.3) is 0 Å². The maximum atomic E-state index is 13.6. The van der Waals surface area contributed by atoms with E-state index in [9.17, 15) is 19.1 Å². The van der Waals surface area contributed by atoms with Crippen LogP contribution in [-0.4, -0.2) is 57.5 Å². The predicted molar refractivity (Wildman–Crippen MR) is 108 cm³/mol. The highest BCUT2D eigenvalue weighted by atomic mass is 19.1. The molecule has 3 N–H and O–H groups in total. The Kier molecular flexibility index (Phi) is 4.32. The molecule has 0 aliphatic rings. The zero-order valence-corrected chi connectivity index (χ0v) is 16.0. The number of H-pyrrole nitrogens is 1. The molecular weight excluding hydrogens is 421 g/mol. The highest BCUT2D eigenvalue weighted by Crippen LogP contribution is 2.30. The molecule has 5 aromatic rings. The lowest BCUT2D eigenvalue weighted by molar-refractivity contribution is -0.136. The van der Waals surface area contributed by atoms with E-state index in [4.69, 9.17) is 5.11 Å². The average Bonchev–Trinajstić information content (AvgIpc) is 3.39. The van der Waals surface area contributed by atoms with E-state index in [1.807, 2.05) is 0 Å². The molecule has 0 aliphatic carbocycles. The second-order valence-corrected chi connectivity index (χ2v) is 6.85. The first-order valence-corrected chi connectivity index (χ1v) is 9.22. The Balaban J connectivity index is 1.74. The first kappa shape index (κ1) is 19.2. The molecule has 3 heterocycles. The number of fused-ring (bicyclic) bond motifs is 3. The number of nitrogens with zero attached hydrogens (tertiary/aromatic N) is 6. The second-order valence-electron chi connectivity index (χ2n) is 6.85. The summed E-state index contributed by atoms with van der Waals surface area (Å²) < 4.78 is 13.6. The molecule has 0 atom stereocenters. The molecule has 0 bridgehead atoms. The summed E-state index contributed by atoms with van der Waals surface area (Å²) in [7, 11) is 0. The minimum atomic E-state index is -1.24. The van der Waals surface area contributed by atoms with Crippen LogP contribution in [0.25, 0.3) is 39.0 Å². The lowest BCUT2D eigenvalue weighted by atomic mass is 10.0. The van der Waals surface area contributed by atoms with E-state index in [0.717, 1.165) is 0 Å². The summed E-state index contributed by atoms with van der Waals surface area (Å²) in [5, 5.41) is 38.0. The number of pyridine rings is 1. The highest BCUT2D eigenvalue weighted by Gasteiger charge is 2.21. The van der Waals surface area contributed by atoms with E-state index in [-0.39, 0.29) is 33.5 Å². The summed E-state index contributed by atoms with van der Waals surface area (Å²) in [4.78, 5) is 28.9. The molecule has 0 fully saturated rings. The van der Waals surface area contributed by atoms with Crippen molar-refractivity contribution in [2.24, 2.45) is 0 Å². The molecule has 3 aromatic heterocycles. The number of benzene rings is 2. The number of carbonyl (C=O) groups is 2. The van der Waals surface area contributed by atoms with Crippen LogP contribution < -0.4 is 0 Å². The highest BCUT2D eigenvalue weighted by molar-refractivity contribution is 6.13. The first-order valence-electron chi connectivity index (χ1n) is 9.22. The van der Waals surface area contributed by atoms with Gasteiger partial charge in [-0.15, -0.1) is 10.2 Å². The van der Waals surface area contributed by atoms with Crippen LogP contribution in [0.2, 0.25) is 0 Å². The van der Waals surface area contributed by atoms with Gasteiger partial charge in [-0.05, 0) is 30.3 Å². The fourth-order valence-electron chi connectivity index (χ4n) is 3.43. The van der Waals surface area contributed by atoms with E-state index in [2.05, 4.69) is 30.6 Å². The van der Waals surface area contributed by atoms with Gasteiger partial charge in [-0.25, -0.2) is 14.2 Å². The first-order chi connectivity index (χ1) is 15.4. The minimum Gasteiger partial charge on any atom is -0.481 e. The monoisotopic (exact) mass is 433 g/mol. The largest absolute Gasteiger partial charge is 0.481 e. The number of hydrogen-bond acceptors (Lipinski definition) is 7. The molecule has 0 amide bonds. The van der Waals surface area contributed by atoms with Gasteiger partial charge in [-0.1, -0.05) is 6.07 Å². The quantitative estimate of drug-likeness (QED) is 0.377. The standard InChI is InChI=1S/C20H12FN7O4/c21-9-2-1-3-10(6-9)28-25-13-5-4-12-17(19(13)26-28)11(20(31)32)7-14(22-12)18-15(8-16(29)30)23-27-24-18/h1-7H,8H2,(H,29,30)(H,31,32)(H,23,24,27). The smallest absolute Gasteiger partial charge is 0.336 e. The molecule has 11 nitrogen and oxygen atoms in total. The average molecular weight is 433 g/mol. The van der Waals surface area contributed by atoms with Gasteiger partial charge in [0, 0.05) is 11.5 Å². The Labute approximate surface area is 177 Å². The van der Waals surface area contributed by atoms with Crippen molar-refractivity contribution in [2.75, 3.05) is 0 Å². The van der Waals surface area contributed by atoms with Crippen LogP contribution >= 0.6 is 0 Å². The van der Waals surface area contributed by atoms with Gasteiger partial charge in [0.15, 0.2) is 0 Å². The maximum Gasteiger partial charge on any atom is 0.336 e. The molecule has 0 saturated heterocycles. The Bertz CT molecular complexity index is 1540. The molecule has 158 valence electrons. The van der Waals surface area contributed by atoms with Crippen molar-refractivity contribution in [1.29, 1.82) is 0 Å². The normalized spacial score (nSPS) is 11.3. The lowest BCUT2D eigenvalue weighted by Gasteiger charge is -2.06. The van der Waals surface area contributed by atoms with Crippen molar-refractivity contribution < 1.29 is 24.2 Å². The number of aromatic amines is 1. The summed E-state index contributed by atoms with van der Waals surface area (Å²) in [6.45, 7) is 0. The van der Waals surface area contributed by atoms with Crippen LogP contribution in [0.1, 0.15) is 16.1 Å². The molecule has 0 spiro atoms. The van der Waals surface area contributed by atoms with Crippen molar-refractivity contribution in [1.82, 2.24) is 35.4 Å². The Morgan fingerprint density at radius 3 is 2.59 bits per heavy atom. The van der Waals surface area contributed by atoms with Gasteiger partial charge in [0.2, 0.25) is 0 Å². The summed E-state index contributed by atoms with van der Waals surface area (Å²) >= 11 is 0. The van der Waals surface area contributed by atoms with Gasteiger partial charge in [0.05, 0.1) is 28.9 Å². The summed E-state index contributed by atoms with van der Waals surface area (Å²) in [6.07, 6.45) is -0.408. The fraction of sp³-hybridized carbons (Fsp3) is 0.0500. The van der Waals surface area contributed by atoms with E-state index < -0.39 is 24.2 Å². The zero-order chi connectivity index (χ0) is 22.4. The van der Waals surface area contributed by atoms with Crippen molar-refractivity contribution in [3.05, 3.63) is 59.5 Å². The third-order valence-electron chi connectivity index (χ3n) is 4.77. The Morgan fingerprint density at radius 2 is 1.84 bits per heavy atom. The summed E-state index contributed by atoms with van der Waals surface area (Å²) in [5.41, 5.74) is 1.63. The third kappa shape index (κ3) is 3.19. The fourth-order valence-corrected chi connectivity index (χ4v) is 3.43. The van der Waals surface area contributed by atoms with Gasteiger partial charge in [-0.2, -0.15) is 20.2 Å². The molecule has 0 unspecified atom stereocenters. The molecule has 2 aromatic carbocycles. The number of rotatable bonds is 5. The number of halogens is 1. The van der Waals surface area contributed by atoms with Gasteiger partial charge < -0.3 is 10.2 Å². The number of carboxylic acids is 2. The van der Waals surface area contributed by atoms with Crippen molar-refractivity contribution in [2.45, 2.75) is 6.42 Å². The van der Waals surface area contributed by atoms with Crippen LogP contribution in [-0.2, 0) is 11.2 Å². The topological polar surface area (TPSA) is 160 Å². The lowest BCUT2D eigenvalue weighted by Crippen LogP contribution is -2.04. The van der Waals surface area contributed by atoms with Crippen LogP contribution in [0.4, 0.5) is 4.39 Å². The van der Waals surface area contributed by atoms with Crippen LogP contribution in [0, 0.1) is 5.82 Å². The number of aromatic nitrogens is 7. The van der Waals surface area contributed by atoms with Crippen molar-refractivity contribution >= 4 is 33.9 Å². The van der Waals surface area contributed by atoms with Crippen molar-refractivity contribution in [3.8, 4) is 17.1 Å². The molecule has 32 heavy (non-hydrogen) atoms. The number of carboxylic acid groups (broad SMARTS) is 2. The molecular formula is C20H12FN7O4. The van der Waals surface area contributed by atoms with E-state index in [1.165, 1.54) is 29.1 Å². The van der Waals surface area contributed by atoms with E-state index in [1.54, 1.807) is 18.2 Å². The van der Waals surface area contributed by atoms with Crippen LogP contribution in [0.15, 0.2) is 42.5 Å². The van der Waals surface area contributed by atoms with E-state index >= 15 is 0 Å². The molecule has 0 radical (unpaired) electrons. The number of hydrogen-bond donors (Lipinski definition) is 3. The van der Waals surface area contributed by atoms with Crippen molar-refractivity contribution in [3.63, 3.8) is 0 Å². The molecule has 0 aliphatic heterocycles. The summed E-state index contributed by atoms with van der Waals surface area (Å²) in [5.74, 6) is -2.82. The predicted octanol–water partition coefficient (Wildman–Crippen LogP) is 2.22. The SMILES string of the molecule is O=C(O)Cc1n[nH]nc1-c1cc(C(=O)O)c2c(ccc3nn(-c4cccc(F)c4)nc32)n1. The minimum absolute atomic E-state index is 0.119. The second kappa shape index (κ2) is 7.19. The number of nitrogens with one attached hydrogen (secondary N) is 1. The van der Waals surface area contributed by atoms with E-state index in [0.29, 0.717) is 16.7 Å². The van der Waals surface area contributed by atoms with Gasteiger partial charge >= 0.3 is 11.9 Å². The van der Waals surface area contributed by atoms with Gasteiger partial charge in [-0.3, -0.25) is 4.79 Å². The number of aromatic carboxylic acids is 1. The third-order valence-corrected chi connectivity index (χ3v) is 4.77. The number of aliphatic carboxylic acids is 1. The Hall–Kier alpha value is -4.74. The van der Waals surface area contributed by atoms with Crippen LogP contribution in [0.5, 0.6) is 0 Å². The molecule has 5 rings (SSSR count). The van der Waals surface area contributed by atoms with Gasteiger partial charge in [0.1, 0.15) is 28.2 Å².